The van der Waals surface area contributed by atoms with E-state index in [9.17, 15) is 0 Å². The summed E-state index contributed by atoms with van der Waals surface area (Å²) in [5.41, 5.74) is 3.84. The summed E-state index contributed by atoms with van der Waals surface area (Å²) in [6, 6.07) is 15.1. The number of nitrogens with one attached hydrogen (secondary N) is 1. The van der Waals surface area contributed by atoms with Crippen LogP contribution in [0.1, 0.15) is 29.7 Å². The molecule has 0 saturated carbocycles. The van der Waals surface area contributed by atoms with E-state index in [0.29, 0.717) is 6.04 Å². The van der Waals surface area contributed by atoms with Gasteiger partial charge in [-0.3, -0.25) is 0 Å². The Morgan fingerprint density at radius 3 is 2.45 bits per heavy atom. The molecule has 0 aliphatic carbocycles. The maximum Gasteiger partial charge on any atom is 0.0408 e. The monoisotopic (exact) mass is 305 g/mol. The molecule has 0 saturated heterocycles. The second-order valence-corrected chi connectivity index (χ2v) is 6.26. The highest BCUT2D eigenvalue weighted by Crippen LogP contribution is 2.20. The Morgan fingerprint density at radius 2 is 1.85 bits per heavy atom. The van der Waals surface area contributed by atoms with E-state index in [2.05, 4.69) is 55.8 Å². The van der Waals surface area contributed by atoms with Crippen LogP contribution in [0, 0.1) is 6.92 Å². The van der Waals surface area contributed by atoms with E-state index in [1.807, 2.05) is 12.1 Å². The number of rotatable bonds is 5. The van der Waals surface area contributed by atoms with E-state index < -0.39 is 0 Å². The molecule has 0 amide bonds. The van der Waals surface area contributed by atoms with Crippen LogP contribution in [0.3, 0.4) is 0 Å². The summed E-state index contributed by atoms with van der Waals surface area (Å²) < 4.78 is 0. The number of hydrogen-bond donors (Lipinski definition) is 1. The zero-order chi connectivity index (χ0) is 14.5. The number of benzene rings is 2. The molecule has 0 aliphatic rings. The van der Waals surface area contributed by atoms with Crippen molar-refractivity contribution in [2.45, 2.75) is 31.3 Å². The highest BCUT2D eigenvalue weighted by atomic mass is 35.5. The molecule has 20 heavy (non-hydrogen) atoms. The van der Waals surface area contributed by atoms with E-state index >= 15 is 0 Å². The predicted molar refractivity (Wildman–Crippen MR) is 89.7 cm³/mol. The Morgan fingerprint density at radius 1 is 1.15 bits per heavy atom. The van der Waals surface area contributed by atoms with Gasteiger partial charge in [-0.05, 0) is 61.1 Å². The summed E-state index contributed by atoms with van der Waals surface area (Å²) in [6.45, 7) is 5.15. The molecule has 0 aliphatic heterocycles. The van der Waals surface area contributed by atoms with Crippen molar-refractivity contribution in [3.8, 4) is 0 Å². The molecule has 1 nitrogen and oxygen atoms in total. The van der Waals surface area contributed by atoms with Crippen molar-refractivity contribution in [2.75, 3.05) is 6.26 Å². The highest BCUT2D eigenvalue weighted by molar-refractivity contribution is 7.98. The largest absolute Gasteiger partial charge is 0.306 e. The van der Waals surface area contributed by atoms with Crippen LogP contribution in [0.2, 0.25) is 5.02 Å². The van der Waals surface area contributed by atoms with Crippen molar-refractivity contribution in [2.24, 2.45) is 0 Å². The Kier molecular flexibility index (Phi) is 5.53. The van der Waals surface area contributed by atoms with Gasteiger partial charge in [0.25, 0.3) is 0 Å². The molecule has 3 heteroatoms. The molecule has 0 heterocycles. The van der Waals surface area contributed by atoms with Gasteiger partial charge < -0.3 is 5.32 Å². The lowest BCUT2D eigenvalue weighted by Crippen LogP contribution is -2.18. The van der Waals surface area contributed by atoms with Crippen LogP contribution in [0.4, 0.5) is 0 Å². The van der Waals surface area contributed by atoms with Crippen LogP contribution in [-0.2, 0) is 6.54 Å². The summed E-state index contributed by atoms with van der Waals surface area (Å²) in [6.07, 6.45) is 2.10. The van der Waals surface area contributed by atoms with Crippen LogP contribution in [0.15, 0.2) is 47.4 Å². The number of hydrogen-bond acceptors (Lipinski definition) is 2. The standard InChI is InChI=1S/C17H20ClNS/c1-12-10-16(18)7-4-15(12)11-19-13(2)14-5-8-17(20-3)9-6-14/h4-10,13,19H,11H2,1-3H3. The summed E-state index contributed by atoms with van der Waals surface area (Å²) in [7, 11) is 0. The van der Waals surface area contributed by atoms with Crippen molar-refractivity contribution in [1.82, 2.24) is 5.32 Å². The van der Waals surface area contributed by atoms with E-state index in [-0.39, 0.29) is 0 Å². The Balaban J connectivity index is 1.98. The van der Waals surface area contributed by atoms with Gasteiger partial charge in [0, 0.05) is 22.5 Å². The van der Waals surface area contributed by atoms with Gasteiger partial charge in [-0.2, -0.15) is 0 Å². The summed E-state index contributed by atoms with van der Waals surface area (Å²) in [5.74, 6) is 0. The van der Waals surface area contributed by atoms with Gasteiger partial charge in [0.05, 0.1) is 0 Å². The number of halogens is 1. The molecule has 0 fully saturated rings. The number of thioether (sulfide) groups is 1. The highest BCUT2D eigenvalue weighted by Gasteiger charge is 2.06. The van der Waals surface area contributed by atoms with Crippen LogP contribution >= 0.6 is 23.4 Å². The van der Waals surface area contributed by atoms with E-state index in [1.165, 1.54) is 21.6 Å². The summed E-state index contributed by atoms with van der Waals surface area (Å²) in [5, 5.41) is 4.36. The second kappa shape index (κ2) is 7.16. The Hall–Kier alpha value is -0.960. The number of aryl methyl sites for hydroxylation is 1. The molecule has 2 rings (SSSR count). The van der Waals surface area contributed by atoms with E-state index in [0.717, 1.165) is 11.6 Å². The Labute approximate surface area is 130 Å². The van der Waals surface area contributed by atoms with Gasteiger partial charge in [-0.25, -0.2) is 0 Å². The SMILES string of the molecule is CSc1ccc(C(C)NCc2ccc(Cl)cc2C)cc1. The first-order valence-electron chi connectivity index (χ1n) is 6.72. The fourth-order valence-corrected chi connectivity index (χ4v) is 2.77. The van der Waals surface area contributed by atoms with Crippen LogP contribution in [0.25, 0.3) is 0 Å². The smallest absolute Gasteiger partial charge is 0.0408 e. The van der Waals surface area contributed by atoms with Crippen molar-refractivity contribution in [3.05, 3.63) is 64.2 Å². The first-order chi connectivity index (χ1) is 9.60. The average molecular weight is 306 g/mol. The third-order valence-electron chi connectivity index (χ3n) is 3.52. The topological polar surface area (TPSA) is 12.0 Å². The molecule has 0 bridgehead atoms. The third-order valence-corrected chi connectivity index (χ3v) is 4.50. The van der Waals surface area contributed by atoms with Gasteiger partial charge >= 0.3 is 0 Å². The van der Waals surface area contributed by atoms with Crippen LogP contribution in [-0.4, -0.2) is 6.26 Å². The van der Waals surface area contributed by atoms with Gasteiger partial charge in [-0.15, -0.1) is 11.8 Å². The van der Waals surface area contributed by atoms with Gasteiger partial charge in [0.15, 0.2) is 0 Å². The minimum absolute atomic E-state index is 0.334. The third kappa shape index (κ3) is 4.02. The summed E-state index contributed by atoms with van der Waals surface area (Å²) >= 11 is 7.75. The molecule has 1 N–H and O–H groups in total. The average Bonchev–Trinajstić information content (AvgIpc) is 2.46. The minimum Gasteiger partial charge on any atom is -0.306 e. The molecular weight excluding hydrogens is 286 g/mol. The first kappa shape index (κ1) is 15.4. The van der Waals surface area contributed by atoms with Crippen molar-refractivity contribution < 1.29 is 0 Å². The van der Waals surface area contributed by atoms with E-state index in [1.54, 1.807) is 11.8 Å². The van der Waals surface area contributed by atoms with E-state index in [4.69, 9.17) is 11.6 Å². The van der Waals surface area contributed by atoms with Gasteiger partial charge in [0.2, 0.25) is 0 Å². The lowest BCUT2D eigenvalue weighted by molar-refractivity contribution is 0.573. The minimum atomic E-state index is 0.334. The molecule has 0 spiro atoms. The molecule has 2 aromatic rings. The van der Waals surface area contributed by atoms with Crippen molar-refractivity contribution in [3.63, 3.8) is 0 Å². The normalized spacial score (nSPS) is 12.4. The van der Waals surface area contributed by atoms with Crippen LogP contribution in [0.5, 0.6) is 0 Å². The maximum atomic E-state index is 5.98. The zero-order valence-corrected chi connectivity index (χ0v) is 13.7. The fraction of sp³-hybridized carbons (Fsp3) is 0.294. The second-order valence-electron chi connectivity index (χ2n) is 4.95. The first-order valence-corrected chi connectivity index (χ1v) is 8.33. The molecule has 0 aromatic heterocycles. The molecule has 0 radical (unpaired) electrons. The van der Waals surface area contributed by atoms with Gasteiger partial charge in [0.1, 0.15) is 0 Å². The zero-order valence-electron chi connectivity index (χ0n) is 12.1. The van der Waals surface area contributed by atoms with Crippen molar-refractivity contribution in [1.29, 1.82) is 0 Å². The molecule has 1 atom stereocenters. The molecular formula is C17H20ClNS. The summed E-state index contributed by atoms with van der Waals surface area (Å²) in [4.78, 5) is 1.30. The fourth-order valence-electron chi connectivity index (χ4n) is 2.13. The predicted octanol–water partition coefficient (Wildman–Crippen LogP) is 5.22. The molecule has 2 aromatic carbocycles. The lowest BCUT2D eigenvalue weighted by Gasteiger charge is -2.16. The lowest BCUT2D eigenvalue weighted by atomic mass is 10.1. The molecule has 106 valence electrons. The Bertz CT molecular complexity index is 566. The maximum absolute atomic E-state index is 5.98. The van der Waals surface area contributed by atoms with Crippen molar-refractivity contribution >= 4 is 23.4 Å². The van der Waals surface area contributed by atoms with Crippen LogP contribution < -0.4 is 5.32 Å². The quantitative estimate of drug-likeness (QED) is 0.760. The van der Waals surface area contributed by atoms with Gasteiger partial charge in [-0.1, -0.05) is 29.8 Å². The molecule has 1 unspecified atom stereocenters.